The van der Waals surface area contributed by atoms with E-state index in [0.717, 1.165) is 6.39 Å². The number of aromatic nitrogens is 2. The zero-order valence-electron chi connectivity index (χ0n) is 10.4. The smallest absolute Gasteiger partial charge is 0.319 e. The first-order chi connectivity index (χ1) is 8.31. The van der Waals surface area contributed by atoms with E-state index < -0.39 is 28.7 Å². The van der Waals surface area contributed by atoms with Gasteiger partial charge in [-0.2, -0.15) is 4.98 Å². The molecule has 1 amide bonds. The second-order valence-electron chi connectivity index (χ2n) is 5.26. The molecule has 0 radical (unpaired) electrons. The minimum atomic E-state index is -1.34. The zero-order chi connectivity index (χ0) is 13.6. The summed E-state index contributed by atoms with van der Waals surface area (Å²) in [6.45, 7) is 5.20. The number of rotatable bonds is 4. The number of carboxylic acids is 1. The number of amides is 1. The summed E-state index contributed by atoms with van der Waals surface area (Å²) in [5, 5.41) is 15.5. The molecule has 18 heavy (non-hydrogen) atoms. The summed E-state index contributed by atoms with van der Waals surface area (Å²) < 4.78 is 4.58. The van der Waals surface area contributed by atoms with Gasteiger partial charge in [-0.3, -0.25) is 9.59 Å². The molecule has 2 N–H and O–H groups in total. The number of carboxylic acid groups (broad SMARTS) is 1. The third-order valence-electron chi connectivity index (χ3n) is 3.60. The van der Waals surface area contributed by atoms with Crippen LogP contribution in [0.4, 0.5) is 0 Å². The van der Waals surface area contributed by atoms with Crippen LogP contribution in [-0.2, 0) is 9.59 Å². The van der Waals surface area contributed by atoms with Gasteiger partial charge in [0.15, 0.2) is 11.2 Å². The van der Waals surface area contributed by atoms with Crippen LogP contribution in [0.2, 0.25) is 0 Å². The van der Waals surface area contributed by atoms with Gasteiger partial charge < -0.3 is 14.9 Å². The molecule has 1 aromatic rings. The number of carbonyl (C=O) groups is 2. The summed E-state index contributed by atoms with van der Waals surface area (Å²) in [5.41, 5.74) is -1.87. The summed E-state index contributed by atoms with van der Waals surface area (Å²) in [4.78, 5) is 27.2. The lowest BCUT2D eigenvalue weighted by Gasteiger charge is -2.17. The average molecular weight is 253 g/mol. The van der Waals surface area contributed by atoms with Gasteiger partial charge in [0.2, 0.25) is 12.3 Å². The predicted molar refractivity (Wildman–Crippen MR) is 59.3 cm³/mol. The number of aliphatic carboxylic acids is 1. The molecule has 98 valence electrons. The van der Waals surface area contributed by atoms with Crippen LogP contribution >= 0.6 is 0 Å². The van der Waals surface area contributed by atoms with E-state index in [9.17, 15) is 14.7 Å². The lowest BCUT2D eigenvalue weighted by atomic mass is 9.94. The third-order valence-corrected chi connectivity index (χ3v) is 3.60. The largest absolute Gasteiger partial charge is 0.480 e. The molecule has 0 saturated heterocycles. The van der Waals surface area contributed by atoms with Crippen molar-refractivity contribution in [3.05, 3.63) is 12.2 Å². The molecule has 2 unspecified atom stereocenters. The van der Waals surface area contributed by atoms with Crippen molar-refractivity contribution < 1.29 is 19.2 Å². The monoisotopic (exact) mass is 253 g/mol. The minimum Gasteiger partial charge on any atom is -0.480 e. The minimum absolute atomic E-state index is 0.322. The number of carbonyl (C=O) groups excluding carboxylic acids is 1. The summed E-state index contributed by atoms with van der Waals surface area (Å²) in [6.07, 6.45) is 1.49. The van der Waals surface area contributed by atoms with E-state index >= 15 is 0 Å². The fourth-order valence-electron chi connectivity index (χ4n) is 2.22. The second kappa shape index (κ2) is 3.79. The Morgan fingerprint density at radius 1 is 1.56 bits per heavy atom. The van der Waals surface area contributed by atoms with E-state index in [1.807, 2.05) is 0 Å². The molecule has 1 fully saturated rings. The van der Waals surface area contributed by atoms with Crippen molar-refractivity contribution >= 4 is 11.9 Å². The maximum atomic E-state index is 12.1. The molecule has 1 saturated carbocycles. The first-order valence-electron chi connectivity index (χ1n) is 5.62. The topological polar surface area (TPSA) is 105 Å². The molecule has 1 heterocycles. The molecule has 2 rings (SSSR count). The Morgan fingerprint density at radius 2 is 2.17 bits per heavy atom. The molecule has 2 atom stereocenters. The standard InChI is InChI=1S/C11H15N3O4/c1-6(7-12-5-18-14-7)13-8(15)11(9(16)17)4-10(11,2)3/h5-6H,4H2,1-3H3,(H,13,15)(H,16,17). The molecule has 1 aliphatic carbocycles. The molecule has 7 heteroatoms. The van der Waals surface area contributed by atoms with E-state index in [1.165, 1.54) is 0 Å². The Balaban J connectivity index is 2.11. The van der Waals surface area contributed by atoms with Crippen LogP contribution in [0.25, 0.3) is 0 Å². The van der Waals surface area contributed by atoms with E-state index in [4.69, 9.17) is 0 Å². The molecule has 0 bridgehead atoms. The predicted octanol–water partition coefficient (Wildman–Crippen LogP) is 0.748. The summed E-state index contributed by atoms with van der Waals surface area (Å²) in [6, 6.07) is -0.483. The van der Waals surface area contributed by atoms with Gasteiger partial charge in [0.25, 0.3) is 0 Å². The lowest BCUT2D eigenvalue weighted by molar-refractivity contribution is -0.151. The Bertz CT molecular complexity index is 482. The average Bonchev–Trinajstić information content (AvgIpc) is 2.67. The van der Waals surface area contributed by atoms with Crippen molar-refractivity contribution in [2.45, 2.75) is 33.2 Å². The first kappa shape index (κ1) is 12.5. The SMILES string of the molecule is CC(NC(=O)C1(C(=O)O)CC1(C)C)c1ncon1. The van der Waals surface area contributed by atoms with Crippen molar-refractivity contribution in [3.63, 3.8) is 0 Å². The Kier molecular flexibility index (Phi) is 2.64. The highest BCUT2D eigenvalue weighted by molar-refractivity contribution is 6.06. The molecular weight excluding hydrogens is 238 g/mol. The molecule has 1 aliphatic rings. The molecule has 0 spiro atoms. The normalized spacial score (nSPS) is 26.4. The van der Waals surface area contributed by atoms with Crippen molar-refractivity contribution in [2.75, 3.05) is 0 Å². The number of nitrogens with one attached hydrogen (secondary N) is 1. The van der Waals surface area contributed by atoms with E-state index in [2.05, 4.69) is 20.0 Å². The van der Waals surface area contributed by atoms with Gasteiger partial charge in [0, 0.05) is 0 Å². The van der Waals surface area contributed by atoms with Gasteiger partial charge in [-0.05, 0) is 18.8 Å². The lowest BCUT2D eigenvalue weighted by Crippen LogP contribution is -2.41. The molecule has 0 aliphatic heterocycles. The highest BCUT2D eigenvalue weighted by atomic mass is 16.5. The van der Waals surface area contributed by atoms with Gasteiger partial charge >= 0.3 is 5.97 Å². The molecule has 7 nitrogen and oxygen atoms in total. The van der Waals surface area contributed by atoms with Crippen molar-refractivity contribution in [1.82, 2.24) is 15.5 Å². The fourth-order valence-corrected chi connectivity index (χ4v) is 2.22. The quantitative estimate of drug-likeness (QED) is 0.767. The summed E-state index contributed by atoms with van der Waals surface area (Å²) >= 11 is 0. The van der Waals surface area contributed by atoms with Crippen molar-refractivity contribution in [1.29, 1.82) is 0 Å². The Hall–Kier alpha value is -1.92. The van der Waals surface area contributed by atoms with E-state index in [-0.39, 0.29) is 0 Å². The van der Waals surface area contributed by atoms with E-state index in [0.29, 0.717) is 12.2 Å². The molecule has 1 aromatic heterocycles. The van der Waals surface area contributed by atoms with Gasteiger partial charge in [-0.25, -0.2) is 0 Å². The molecule has 0 aromatic carbocycles. The maximum Gasteiger partial charge on any atom is 0.319 e. The Labute approximate surface area is 104 Å². The van der Waals surface area contributed by atoms with Crippen molar-refractivity contribution in [3.8, 4) is 0 Å². The van der Waals surface area contributed by atoms with Gasteiger partial charge in [0.1, 0.15) is 0 Å². The number of nitrogens with zero attached hydrogens (tertiary/aromatic N) is 2. The fraction of sp³-hybridized carbons (Fsp3) is 0.636. The van der Waals surface area contributed by atoms with Crippen LogP contribution in [0, 0.1) is 10.8 Å². The number of hydrogen-bond donors (Lipinski definition) is 2. The number of hydrogen-bond acceptors (Lipinski definition) is 5. The van der Waals surface area contributed by atoms with Crippen LogP contribution in [0.3, 0.4) is 0 Å². The van der Waals surface area contributed by atoms with Crippen LogP contribution < -0.4 is 5.32 Å². The maximum absolute atomic E-state index is 12.1. The summed E-state index contributed by atoms with van der Waals surface area (Å²) in [5.74, 6) is -1.27. The zero-order valence-corrected chi connectivity index (χ0v) is 10.4. The van der Waals surface area contributed by atoms with Crippen LogP contribution in [0.1, 0.15) is 39.1 Å². The third kappa shape index (κ3) is 1.66. The van der Waals surface area contributed by atoms with E-state index in [1.54, 1.807) is 20.8 Å². The van der Waals surface area contributed by atoms with Gasteiger partial charge in [-0.1, -0.05) is 19.0 Å². The highest BCUT2D eigenvalue weighted by Gasteiger charge is 2.72. The second-order valence-corrected chi connectivity index (χ2v) is 5.26. The van der Waals surface area contributed by atoms with Crippen LogP contribution in [0.5, 0.6) is 0 Å². The van der Waals surface area contributed by atoms with Gasteiger partial charge in [-0.15, -0.1) is 0 Å². The first-order valence-corrected chi connectivity index (χ1v) is 5.62. The summed E-state index contributed by atoms with van der Waals surface area (Å²) in [7, 11) is 0. The Morgan fingerprint density at radius 3 is 2.56 bits per heavy atom. The van der Waals surface area contributed by atoms with Crippen molar-refractivity contribution in [2.24, 2.45) is 10.8 Å². The van der Waals surface area contributed by atoms with Crippen LogP contribution in [-0.4, -0.2) is 27.1 Å². The molecular formula is C11H15N3O4. The van der Waals surface area contributed by atoms with Gasteiger partial charge in [0.05, 0.1) is 6.04 Å². The van der Waals surface area contributed by atoms with Crippen LogP contribution in [0.15, 0.2) is 10.9 Å². The highest BCUT2D eigenvalue weighted by Crippen LogP contribution is 2.63.